The molecular weight excluding hydrogens is 210 g/mol. The number of hydrogen-bond acceptors (Lipinski definition) is 2. The number of nitrogens with zero attached hydrogens (tertiary/aromatic N) is 2. The van der Waals surface area contributed by atoms with Crippen molar-refractivity contribution in [1.82, 2.24) is 14.9 Å². The highest BCUT2D eigenvalue weighted by molar-refractivity contribution is 5.25. The summed E-state index contributed by atoms with van der Waals surface area (Å²) >= 11 is 0. The van der Waals surface area contributed by atoms with Gasteiger partial charge in [0.15, 0.2) is 0 Å². The van der Waals surface area contributed by atoms with Crippen LogP contribution in [-0.4, -0.2) is 23.1 Å². The summed E-state index contributed by atoms with van der Waals surface area (Å²) < 4.78 is 2.47. The van der Waals surface area contributed by atoms with Crippen LogP contribution in [0.4, 0.5) is 0 Å². The fourth-order valence-corrected chi connectivity index (χ4v) is 2.65. The second kappa shape index (κ2) is 4.81. The smallest absolute Gasteiger partial charge is 0.110 e. The van der Waals surface area contributed by atoms with Gasteiger partial charge in [0, 0.05) is 30.6 Å². The van der Waals surface area contributed by atoms with Crippen LogP contribution in [0.1, 0.15) is 50.8 Å². The Morgan fingerprint density at radius 1 is 1.29 bits per heavy atom. The second-order valence-electron chi connectivity index (χ2n) is 6.04. The molecule has 0 aromatic carbocycles. The van der Waals surface area contributed by atoms with Crippen molar-refractivity contribution in [3.05, 3.63) is 17.2 Å². The number of imidazole rings is 1. The third-order valence-corrected chi connectivity index (χ3v) is 3.51. The SMILES string of the molecule is CNCCc1nc(C(C)(C)C)c2n1CCCC2. The van der Waals surface area contributed by atoms with Crippen molar-refractivity contribution in [2.24, 2.45) is 0 Å². The molecule has 1 aromatic rings. The molecule has 1 N–H and O–H groups in total. The van der Waals surface area contributed by atoms with Gasteiger partial charge in [-0.15, -0.1) is 0 Å². The van der Waals surface area contributed by atoms with Gasteiger partial charge in [0.2, 0.25) is 0 Å². The lowest BCUT2D eigenvalue weighted by Crippen LogP contribution is -2.19. The quantitative estimate of drug-likeness (QED) is 0.871. The predicted octanol–water partition coefficient (Wildman–Crippen LogP) is 2.28. The molecule has 0 unspecified atom stereocenters. The van der Waals surface area contributed by atoms with E-state index in [2.05, 4.69) is 30.7 Å². The zero-order valence-corrected chi connectivity index (χ0v) is 11.6. The minimum Gasteiger partial charge on any atom is -0.332 e. The molecule has 1 aliphatic heterocycles. The van der Waals surface area contributed by atoms with Crippen molar-refractivity contribution in [2.75, 3.05) is 13.6 Å². The van der Waals surface area contributed by atoms with E-state index < -0.39 is 0 Å². The van der Waals surface area contributed by atoms with Crippen LogP contribution >= 0.6 is 0 Å². The summed E-state index contributed by atoms with van der Waals surface area (Å²) in [5.41, 5.74) is 2.99. The van der Waals surface area contributed by atoms with E-state index >= 15 is 0 Å². The van der Waals surface area contributed by atoms with Crippen LogP contribution in [-0.2, 0) is 24.8 Å². The van der Waals surface area contributed by atoms with Gasteiger partial charge >= 0.3 is 0 Å². The minimum atomic E-state index is 0.173. The Hall–Kier alpha value is -0.830. The lowest BCUT2D eigenvalue weighted by atomic mass is 9.89. The van der Waals surface area contributed by atoms with Gasteiger partial charge in [-0.1, -0.05) is 20.8 Å². The molecule has 0 saturated carbocycles. The molecule has 2 rings (SSSR count). The maximum absolute atomic E-state index is 4.92. The molecule has 0 radical (unpaired) electrons. The average molecular weight is 235 g/mol. The first-order chi connectivity index (χ1) is 8.04. The standard InChI is InChI=1S/C14H25N3/c1-14(2,3)13-11-7-5-6-10-17(11)12(16-13)8-9-15-4/h15H,5-10H2,1-4H3. The lowest BCUT2D eigenvalue weighted by molar-refractivity contribution is 0.497. The number of rotatable bonds is 3. The van der Waals surface area contributed by atoms with Crippen molar-refractivity contribution in [3.63, 3.8) is 0 Å². The molecule has 0 spiro atoms. The summed E-state index contributed by atoms with van der Waals surface area (Å²) in [6, 6.07) is 0. The zero-order valence-electron chi connectivity index (χ0n) is 11.6. The lowest BCUT2D eigenvalue weighted by Gasteiger charge is -2.22. The second-order valence-corrected chi connectivity index (χ2v) is 6.04. The molecule has 0 amide bonds. The number of fused-ring (bicyclic) bond motifs is 1. The summed E-state index contributed by atoms with van der Waals surface area (Å²) in [6.07, 6.45) is 4.87. The van der Waals surface area contributed by atoms with Crippen molar-refractivity contribution in [1.29, 1.82) is 0 Å². The van der Waals surface area contributed by atoms with Crippen molar-refractivity contribution in [2.45, 2.75) is 58.4 Å². The predicted molar refractivity (Wildman–Crippen MR) is 71.5 cm³/mol. The van der Waals surface area contributed by atoms with Crippen molar-refractivity contribution >= 4 is 0 Å². The van der Waals surface area contributed by atoms with Gasteiger partial charge in [0.05, 0.1) is 5.69 Å². The van der Waals surface area contributed by atoms with Crippen LogP contribution in [0.3, 0.4) is 0 Å². The molecule has 96 valence electrons. The highest BCUT2D eigenvalue weighted by atomic mass is 15.1. The monoisotopic (exact) mass is 235 g/mol. The van der Waals surface area contributed by atoms with Gasteiger partial charge in [-0.2, -0.15) is 0 Å². The molecule has 0 saturated heterocycles. The first kappa shape index (κ1) is 12.6. The Morgan fingerprint density at radius 3 is 2.71 bits per heavy atom. The van der Waals surface area contributed by atoms with Gasteiger partial charge in [-0.25, -0.2) is 4.98 Å². The Morgan fingerprint density at radius 2 is 2.06 bits per heavy atom. The van der Waals surface area contributed by atoms with Crippen LogP contribution in [0, 0.1) is 0 Å². The van der Waals surface area contributed by atoms with E-state index in [0.29, 0.717) is 0 Å². The van der Waals surface area contributed by atoms with Crippen LogP contribution in [0.5, 0.6) is 0 Å². The van der Waals surface area contributed by atoms with E-state index in [1.165, 1.54) is 36.5 Å². The summed E-state index contributed by atoms with van der Waals surface area (Å²) in [5.74, 6) is 1.28. The highest BCUT2D eigenvalue weighted by Crippen LogP contribution is 2.30. The number of likely N-dealkylation sites (N-methyl/N-ethyl adjacent to an activating group) is 1. The normalized spacial score (nSPS) is 16.0. The van der Waals surface area contributed by atoms with E-state index in [1.807, 2.05) is 7.05 Å². The Balaban J connectivity index is 2.37. The third kappa shape index (κ3) is 2.54. The van der Waals surface area contributed by atoms with Crippen LogP contribution in [0.2, 0.25) is 0 Å². The molecule has 0 aliphatic carbocycles. The Labute approximate surface area is 105 Å². The number of hydrogen-bond donors (Lipinski definition) is 1. The molecule has 0 bridgehead atoms. The van der Waals surface area contributed by atoms with Crippen molar-refractivity contribution in [3.8, 4) is 0 Å². The van der Waals surface area contributed by atoms with E-state index in [0.717, 1.165) is 19.5 Å². The number of aromatic nitrogens is 2. The van der Waals surface area contributed by atoms with Crippen LogP contribution in [0.25, 0.3) is 0 Å². The summed E-state index contributed by atoms with van der Waals surface area (Å²) in [4.78, 5) is 4.92. The number of nitrogens with one attached hydrogen (secondary N) is 1. The summed E-state index contributed by atoms with van der Waals surface area (Å²) in [5, 5.41) is 3.22. The van der Waals surface area contributed by atoms with Crippen molar-refractivity contribution < 1.29 is 0 Å². The fraction of sp³-hybridized carbons (Fsp3) is 0.786. The van der Waals surface area contributed by atoms with Gasteiger partial charge < -0.3 is 9.88 Å². The minimum absolute atomic E-state index is 0.173. The van der Waals surface area contributed by atoms with Gasteiger partial charge in [0.1, 0.15) is 5.82 Å². The Bertz CT molecular complexity index is 385. The topological polar surface area (TPSA) is 29.9 Å². The molecule has 17 heavy (non-hydrogen) atoms. The Kier molecular flexibility index (Phi) is 3.57. The molecule has 3 heteroatoms. The maximum atomic E-state index is 4.92. The molecular formula is C14H25N3. The molecule has 2 heterocycles. The highest BCUT2D eigenvalue weighted by Gasteiger charge is 2.26. The summed E-state index contributed by atoms with van der Waals surface area (Å²) in [6.45, 7) is 8.99. The van der Waals surface area contributed by atoms with Crippen LogP contribution in [0.15, 0.2) is 0 Å². The van der Waals surface area contributed by atoms with E-state index in [9.17, 15) is 0 Å². The molecule has 1 aromatic heterocycles. The third-order valence-electron chi connectivity index (χ3n) is 3.51. The molecule has 0 fully saturated rings. The summed E-state index contributed by atoms with van der Waals surface area (Å²) in [7, 11) is 2.00. The van der Waals surface area contributed by atoms with E-state index in [1.54, 1.807) is 0 Å². The van der Waals surface area contributed by atoms with Crippen LogP contribution < -0.4 is 5.32 Å². The first-order valence-electron chi connectivity index (χ1n) is 6.77. The van der Waals surface area contributed by atoms with E-state index in [-0.39, 0.29) is 5.41 Å². The molecule has 3 nitrogen and oxygen atoms in total. The van der Waals surface area contributed by atoms with E-state index in [4.69, 9.17) is 4.98 Å². The maximum Gasteiger partial charge on any atom is 0.110 e. The van der Waals surface area contributed by atoms with Gasteiger partial charge in [0.25, 0.3) is 0 Å². The fourth-order valence-electron chi connectivity index (χ4n) is 2.65. The first-order valence-corrected chi connectivity index (χ1v) is 6.77. The van der Waals surface area contributed by atoms with Gasteiger partial charge in [-0.3, -0.25) is 0 Å². The molecule has 1 aliphatic rings. The zero-order chi connectivity index (χ0) is 12.5. The largest absolute Gasteiger partial charge is 0.332 e. The average Bonchev–Trinajstić information content (AvgIpc) is 2.65. The van der Waals surface area contributed by atoms with Gasteiger partial charge in [-0.05, 0) is 26.3 Å². The molecule has 0 atom stereocenters.